The highest BCUT2D eigenvalue weighted by Crippen LogP contribution is 2.65. The van der Waals surface area contributed by atoms with Gasteiger partial charge < -0.3 is 9.84 Å². The van der Waals surface area contributed by atoms with Crippen molar-refractivity contribution in [3.05, 3.63) is 98.8 Å². The number of fused-ring (bicyclic) bond motifs is 4. The van der Waals surface area contributed by atoms with Crippen LogP contribution in [0.3, 0.4) is 0 Å². The molecule has 11 nitrogen and oxygen atoms in total. The molecule has 3 aromatic rings. The van der Waals surface area contributed by atoms with Crippen molar-refractivity contribution in [3.63, 3.8) is 0 Å². The second-order valence-corrected chi connectivity index (χ2v) is 12.8. The highest BCUT2D eigenvalue weighted by Gasteiger charge is 2.68. The Balaban J connectivity index is 1.37. The third kappa shape index (κ3) is 4.23. The molecule has 13 heteroatoms. The number of nitro benzene ring substituents is 1. The van der Waals surface area contributed by atoms with Crippen molar-refractivity contribution in [3.8, 4) is 11.5 Å². The zero-order valence-corrected chi connectivity index (χ0v) is 25.8. The molecule has 240 valence electrons. The first-order valence-electron chi connectivity index (χ1n) is 14.9. The van der Waals surface area contributed by atoms with Gasteiger partial charge in [0.1, 0.15) is 17.3 Å². The molecule has 2 saturated heterocycles. The lowest BCUT2D eigenvalue weighted by atomic mass is 9.51. The fraction of sp³-hybridized carbons (Fsp3) is 0.294. The molecule has 47 heavy (non-hydrogen) atoms. The number of phenols is 1. The average Bonchev–Trinajstić information content (AvgIpc) is 3.42. The lowest BCUT2D eigenvalue weighted by molar-refractivity contribution is -0.384. The minimum Gasteiger partial charge on any atom is -0.508 e. The maximum atomic E-state index is 14.5. The second-order valence-electron chi connectivity index (χ2n) is 12.4. The topological polar surface area (TPSA) is 147 Å². The Bertz CT molecular complexity index is 1950. The fourth-order valence-corrected chi connectivity index (χ4v) is 8.35. The highest BCUT2D eigenvalue weighted by molar-refractivity contribution is 6.32. The summed E-state index contributed by atoms with van der Waals surface area (Å²) in [4.78, 5) is 69.4. The largest absolute Gasteiger partial charge is 0.508 e. The Kier molecular flexibility index (Phi) is 6.97. The third-order valence-corrected chi connectivity index (χ3v) is 10.6. The van der Waals surface area contributed by atoms with Crippen LogP contribution in [0.1, 0.15) is 31.2 Å². The molecule has 2 aliphatic heterocycles. The number of rotatable bonds is 5. The first-order valence-corrected chi connectivity index (χ1v) is 15.3. The Hall–Kier alpha value is -5.10. The molecule has 4 amide bonds. The number of methoxy groups -OCH3 is 1. The number of ether oxygens (including phenoxy) is 1. The van der Waals surface area contributed by atoms with Crippen LogP contribution >= 0.6 is 11.6 Å². The Morgan fingerprint density at radius 3 is 2.34 bits per heavy atom. The number of hydrogen-bond acceptors (Lipinski definition) is 8. The Morgan fingerprint density at radius 1 is 0.979 bits per heavy atom. The summed E-state index contributed by atoms with van der Waals surface area (Å²) in [5.41, 5.74) is -0.526. The number of benzene rings is 3. The van der Waals surface area contributed by atoms with Crippen molar-refractivity contribution in [2.75, 3.05) is 16.9 Å². The lowest BCUT2D eigenvalue weighted by Gasteiger charge is -2.49. The quantitative estimate of drug-likeness (QED) is 0.163. The monoisotopic (exact) mass is 659 g/mol. The molecule has 2 aliphatic carbocycles. The van der Waals surface area contributed by atoms with Gasteiger partial charge in [-0.1, -0.05) is 29.3 Å². The van der Waals surface area contributed by atoms with Crippen molar-refractivity contribution in [2.45, 2.75) is 25.7 Å². The number of imide groups is 2. The summed E-state index contributed by atoms with van der Waals surface area (Å²) in [7, 11) is 1.42. The number of anilines is 2. The summed E-state index contributed by atoms with van der Waals surface area (Å²) in [6, 6.07) is 13.3. The fourth-order valence-electron chi connectivity index (χ4n) is 8.17. The van der Waals surface area contributed by atoms with E-state index >= 15 is 0 Å². The highest BCUT2D eigenvalue weighted by atomic mass is 35.5. The number of nitro groups is 1. The maximum absolute atomic E-state index is 14.5. The number of aromatic hydroxyl groups is 1. The van der Waals surface area contributed by atoms with Gasteiger partial charge in [-0.25, -0.2) is 9.29 Å². The summed E-state index contributed by atoms with van der Waals surface area (Å²) in [6.07, 6.45) is 2.01. The molecule has 3 fully saturated rings. The molecule has 7 rings (SSSR count). The van der Waals surface area contributed by atoms with Crippen LogP contribution in [0.2, 0.25) is 5.02 Å². The minimum absolute atomic E-state index is 0.0407. The van der Waals surface area contributed by atoms with Gasteiger partial charge in [-0.3, -0.25) is 34.2 Å². The molecule has 1 N–H and O–H groups in total. The van der Waals surface area contributed by atoms with Crippen molar-refractivity contribution in [1.29, 1.82) is 0 Å². The molecule has 4 aliphatic rings. The van der Waals surface area contributed by atoms with Crippen molar-refractivity contribution in [1.82, 2.24) is 0 Å². The standard InChI is InChI=1S/C34H27ClFN3O8/c1-34-22(31(42)38(33(34)44)18-10-13-24(36)23(35)14-18)15-21-19(29(34)28-25(40)4-3-5-26(28)47-2)11-12-20-27(21)32(43)37(30(20)41)16-6-8-17(9-7-16)39(45)46/h3-11,13-14,20-22,27,29,40H,12,15H2,1-2H3. The van der Waals surface area contributed by atoms with E-state index in [2.05, 4.69) is 0 Å². The minimum atomic E-state index is -1.48. The van der Waals surface area contributed by atoms with Crippen LogP contribution in [0, 0.1) is 45.0 Å². The number of halogens is 2. The van der Waals surface area contributed by atoms with Gasteiger partial charge in [-0.05, 0) is 68.1 Å². The van der Waals surface area contributed by atoms with Crippen LogP contribution in [0.25, 0.3) is 0 Å². The predicted molar refractivity (Wildman–Crippen MR) is 166 cm³/mol. The number of hydrogen-bond donors (Lipinski definition) is 1. The summed E-state index contributed by atoms with van der Waals surface area (Å²) in [6.45, 7) is 1.65. The number of nitrogens with zero attached hydrogens (tertiary/aromatic N) is 3. The summed E-state index contributed by atoms with van der Waals surface area (Å²) in [5, 5.41) is 22.2. The molecular weight excluding hydrogens is 633 g/mol. The molecule has 3 aromatic carbocycles. The molecular formula is C34H27ClFN3O8. The first-order chi connectivity index (χ1) is 22.4. The second kappa shape index (κ2) is 10.7. The van der Waals surface area contributed by atoms with Crippen molar-refractivity contribution in [2.24, 2.45) is 29.1 Å². The van der Waals surface area contributed by atoms with Crippen LogP contribution in [-0.4, -0.2) is 40.8 Å². The Labute approximate surface area is 272 Å². The van der Waals surface area contributed by atoms with Crippen molar-refractivity contribution >= 4 is 52.3 Å². The normalized spacial score (nSPS) is 28.2. The van der Waals surface area contributed by atoms with E-state index < -0.39 is 69.4 Å². The maximum Gasteiger partial charge on any atom is 0.269 e. The number of non-ortho nitro benzene ring substituents is 1. The molecule has 0 bridgehead atoms. The van der Waals surface area contributed by atoms with Gasteiger partial charge in [0.05, 0.1) is 51.6 Å². The van der Waals surface area contributed by atoms with E-state index in [1.165, 1.54) is 49.6 Å². The molecule has 6 atom stereocenters. The summed E-state index contributed by atoms with van der Waals surface area (Å²) < 4.78 is 19.8. The van der Waals surface area contributed by atoms with Crippen LogP contribution < -0.4 is 14.5 Å². The van der Waals surface area contributed by atoms with Gasteiger partial charge in [-0.15, -0.1) is 0 Å². The van der Waals surface area contributed by atoms with E-state index in [-0.39, 0.29) is 52.0 Å². The van der Waals surface area contributed by atoms with Gasteiger partial charge in [0.2, 0.25) is 23.6 Å². The van der Waals surface area contributed by atoms with Crippen molar-refractivity contribution < 1.29 is 38.3 Å². The zero-order chi connectivity index (χ0) is 33.5. The van der Waals surface area contributed by atoms with Crippen LogP contribution in [0.5, 0.6) is 11.5 Å². The van der Waals surface area contributed by atoms with Gasteiger partial charge in [-0.2, -0.15) is 0 Å². The molecule has 0 aromatic heterocycles. The van der Waals surface area contributed by atoms with Crippen LogP contribution in [0.4, 0.5) is 21.5 Å². The SMILES string of the molecule is COc1cccc(O)c1C1C2=CCC3C(=O)N(c4ccc([N+](=O)[O-])cc4)C(=O)C3C2CC2C(=O)N(c3ccc(F)c(Cl)c3)C(=O)C21C. The Morgan fingerprint density at radius 2 is 1.68 bits per heavy atom. The van der Waals surface area contributed by atoms with E-state index in [9.17, 15) is 38.8 Å². The van der Waals surface area contributed by atoms with Crippen LogP contribution in [-0.2, 0) is 19.2 Å². The van der Waals surface area contributed by atoms with Gasteiger partial charge in [0.15, 0.2) is 0 Å². The number of amides is 4. The first kappa shape index (κ1) is 30.5. The number of carbonyl (C=O) groups is 4. The lowest BCUT2D eigenvalue weighted by Crippen LogP contribution is -2.49. The molecule has 6 unspecified atom stereocenters. The molecule has 2 heterocycles. The van der Waals surface area contributed by atoms with Crippen LogP contribution in [0.15, 0.2) is 72.3 Å². The third-order valence-electron chi connectivity index (χ3n) is 10.3. The van der Waals surface area contributed by atoms with E-state index in [1.54, 1.807) is 19.1 Å². The summed E-state index contributed by atoms with van der Waals surface area (Å²) >= 11 is 6.05. The van der Waals surface area contributed by atoms with Gasteiger partial charge >= 0.3 is 0 Å². The molecule has 0 radical (unpaired) electrons. The smallest absolute Gasteiger partial charge is 0.269 e. The molecule has 0 spiro atoms. The molecule has 1 saturated carbocycles. The van der Waals surface area contributed by atoms with Gasteiger partial charge in [0.25, 0.3) is 5.69 Å². The van der Waals surface area contributed by atoms with E-state index in [1.807, 2.05) is 6.08 Å². The number of carbonyl (C=O) groups excluding carboxylic acids is 4. The average molecular weight is 660 g/mol. The number of phenolic OH excluding ortho intramolecular Hbond substituents is 1. The van der Waals surface area contributed by atoms with E-state index in [0.29, 0.717) is 5.57 Å². The van der Waals surface area contributed by atoms with Gasteiger partial charge in [0, 0.05) is 23.6 Å². The predicted octanol–water partition coefficient (Wildman–Crippen LogP) is 5.54. The zero-order valence-electron chi connectivity index (χ0n) is 25.1. The summed E-state index contributed by atoms with van der Waals surface area (Å²) in [5.74, 6) is -7.11. The number of allylic oxidation sites excluding steroid dienone is 2. The van der Waals surface area contributed by atoms with E-state index in [4.69, 9.17) is 16.3 Å². The van der Waals surface area contributed by atoms with E-state index in [0.717, 1.165) is 15.9 Å².